The number of nitrogens with zero attached hydrogens (tertiary/aromatic N) is 2. The van der Waals surface area contributed by atoms with Crippen LogP contribution >= 0.6 is 11.6 Å². The highest BCUT2D eigenvalue weighted by Crippen LogP contribution is 2.21. The van der Waals surface area contributed by atoms with Crippen LogP contribution in [0.25, 0.3) is 11.3 Å². The number of benzene rings is 1. The molecule has 1 aromatic carbocycles. The maximum Gasteiger partial charge on any atom is 0.130 e. The SMILES string of the molecule is Cc1cc(-c2ccccc2C)nc(CCCl)n1. The molecule has 17 heavy (non-hydrogen) atoms. The molecule has 0 bridgehead atoms. The van der Waals surface area contributed by atoms with Crippen LogP contribution in [0.3, 0.4) is 0 Å². The largest absolute Gasteiger partial charge is 0.238 e. The molecule has 0 saturated carbocycles. The van der Waals surface area contributed by atoms with E-state index < -0.39 is 0 Å². The molecule has 0 N–H and O–H groups in total. The molecule has 0 aliphatic rings. The lowest BCUT2D eigenvalue weighted by atomic mass is 10.1. The molecule has 0 aliphatic heterocycles. The van der Waals surface area contributed by atoms with E-state index in [1.165, 1.54) is 5.56 Å². The molecule has 0 radical (unpaired) electrons. The van der Waals surface area contributed by atoms with Crippen molar-refractivity contribution in [3.63, 3.8) is 0 Å². The number of aromatic nitrogens is 2. The Morgan fingerprint density at radius 2 is 1.88 bits per heavy atom. The minimum Gasteiger partial charge on any atom is -0.238 e. The van der Waals surface area contributed by atoms with Gasteiger partial charge in [0.15, 0.2) is 0 Å². The van der Waals surface area contributed by atoms with Crippen molar-refractivity contribution < 1.29 is 0 Å². The van der Waals surface area contributed by atoms with E-state index in [1.54, 1.807) is 0 Å². The Bertz CT molecular complexity index is 523. The summed E-state index contributed by atoms with van der Waals surface area (Å²) in [5.74, 6) is 1.37. The fourth-order valence-electron chi connectivity index (χ4n) is 1.82. The number of hydrogen-bond acceptors (Lipinski definition) is 2. The van der Waals surface area contributed by atoms with Gasteiger partial charge in [-0.2, -0.15) is 0 Å². The van der Waals surface area contributed by atoms with E-state index in [2.05, 4.69) is 29.0 Å². The van der Waals surface area contributed by atoms with E-state index in [4.69, 9.17) is 11.6 Å². The topological polar surface area (TPSA) is 25.8 Å². The van der Waals surface area contributed by atoms with Gasteiger partial charge in [0.2, 0.25) is 0 Å². The Balaban J connectivity index is 2.48. The third-order valence-corrected chi connectivity index (χ3v) is 2.83. The van der Waals surface area contributed by atoms with Gasteiger partial charge < -0.3 is 0 Å². The summed E-state index contributed by atoms with van der Waals surface area (Å²) >= 11 is 5.74. The summed E-state index contributed by atoms with van der Waals surface area (Å²) in [5, 5.41) is 0. The number of halogens is 1. The van der Waals surface area contributed by atoms with Gasteiger partial charge >= 0.3 is 0 Å². The van der Waals surface area contributed by atoms with Gasteiger partial charge in [0.25, 0.3) is 0 Å². The van der Waals surface area contributed by atoms with Gasteiger partial charge in [-0.3, -0.25) is 0 Å². The summed E-state index contributed by atoms with van der Waals surface area (Å²) in [7, 11) is 0. The van der Waals surface area contributed by atoms with E-state index in [0.717, 1.165) is 22.8 Å². The van der Waals surface area contributed by atoms with E-state index in [0.29, 0.717) is 12.3 Å². The van der Waals surface area contributed by atoms with E-state index in [9.17, 15) is 0 Å². The van der Waals surface area contributed by atoms with Gasteiger partial charge in [0.05, 0.1) is 5.69 Å². The van der Waals surface area contributed by atoms with Crippen molar-refractivity contribution in [2.45, 2.75) is 20.3 Å². The molecule has 1 heterocycles. The Morgan fingerprint density at radius 1 is 1.12 bits per heavy atom. The zero-order valence-electron chi connectivity index (χ0n) is 10.1. The molecule has 2 nitrogen and oxygen atoms in total. The van der Waals surface area contributed by atoms with E-state index in [1.807, 2.05) is 25.1 Å². The molecule has 3 heteroatoms. The van der Waals surface area contributed by atoms with Crippen LogP contribution in [0.15, 0.2) is 30.3 Å². The zero-order valence-corrected chi connectivity index (χ0v) is 10.8. The van der Waals surface area contributed by atoms with Crippen LogP contribution in [-0.2, 0) is 6.42 Å². The predicted molar refractivity (Wildman–Crippen MR) is 71.4 cm³/mol. The molecule has 0 unspecified atom stereocenters. The van der Waals surface area contributed by atoms with E-state index >= 15 is 0 Å². The number of alkyl halides is 1. The second-order valence-corrected chi connectivity index (χ2v) is 4.44. The first-order chi connectivity index (χ1) is 8.20. The predicted octanol–water partition coefficient (Wildman–Crippen LogP) is 3.54. The van der Waals surface area contributed by atoms with Gasteiger partial charge in [-0.25, -0.2) is 9.97 Å². The van der Waals surface area contributed by atoms with E-state index in [-0.39, 0.29) is 0 Å². The van der Waals surface area contributed by atoms with Crippen LogP contribution < -0.4 is 0 Å². The molecular formula is C14H15ClN2. The molecule has 2 aromatic rings. The second kappa shape index (κ2) is 5.28. The van der Waals surface area contributed by atoms with Crippen LogP contribution in [0.5, 0.6) is 0 Å². The third-order valence-electron chi connectivity index (χ3n) is 2.64. The Kier molecular flexibility index (Phi) is 3.75. The number of rotatable bonds is 3. The van der Waals surface area contributed by atoms with Crippen molar-refractivity contribution >= 4 is 11.6 Å². The summed E-state index contributed by atoms with van der Waals surface area (Å²) in [6, 6.07) is 10.3. The highest BCUT2D eigenvalue weighted by molar-refractivity contribution is 6.17. The minimum atomic E-state index is 0.552. The smallest absolute Gasteiger partial charge is 0.130 e. The molecule has 1 aromatic heterocycles. The zero-order chi connectivity index (χ0) is 12.3. The van der Waals surface area contributed by atoms with Crippen molar-refractivity contribution in [3.8, 4) is 11.3 Å². The first kappa shape index (κ1) is 12.1. The van der Waals surface area contributed by atoms with Gasteiger partial charge in [-0.05, 0) is 25.5 Å². The van der Waals surface area contributed by atoms with Crippen molar-refractivity contribution in [2.75, 3.05) is 5.88 Å². The number of aryl methyl sites for hydroxylation is 3. The summed E-state index contributed by atoms with van der Waals surface area (Å²) in [6.07, 6.45) is 0.710. The molecule has 0 amide bonds. The fraction of sp³-hybridized carbons (Fsp3) is 0.286. The van der Waals surface area contributed by atoms with Crippen molar-refractivity contribution in [3.05, 3.63) is 47.4 Å². The fourth-order valence-corrected chi connectivity index (χ4v) is 1.99. The normalized spacial score (nSPS) is 10.5. The Morgan fingerprint density at radius 3 is 2.59 bits per heavy atom. The highest BCUT2D eigenvalue weighted by atomic mass is 35.5. The van der Waals surface area contributed by atoms with Gasteiger partial charge in [0.1, 0.15) is 5.82 Å². The van der Waals surface area contributed by atoms with Gasteiger partial charge in [-0.1, -0.05) is 24.3 Å². The van der Waals surface area contributed by atoms with Crippen LogP contribution in [0.1, 0.15) is 17.1 Å². The summed E-state index contributed by atoms with van der Waals surface area (Å²) in [4.78, 5) is 8.94. The van der Waals surface area contributed by atoms with Crippen molar-refractivity contribution in [1.29, 1.82) is 0 Å². The maximum absolute atomic E-state index is 5.74. The lowest BCUT2D eigenvalue weighted by Gasteiger charge is -2.07. The first-order valence-corrected chi connectivity index (χ1v) is 6.20. The lowest BCUT2D eigenvalue weighted by Crippen LogP contribution is -2.00. The molecule has 88 valence electrons. The summed E-state index contributed by atoms with van der Waals surface area (Å²) < 4.78 is 0. The van der Waals surface area contributed by atoms with Crippen LogP contribution in [0, 0.1) is 13.8 Å². The Hall–Kier alpha value is -1.41. The molecule has 0 spiro atoms. The molecule has 2 rings (SSSR count). The highest BCUT2D eigenvalue weighted by Gasteiger charge is 2.06. The molecule has 0 aliphatic carbocycles. The van der Waals surface area contributed by atoms with Crippen LogP contribution in [0.2, 0.25) is 0 Å². The van der Waals surface area contributed by atoms with Gasteiger partial charge in [-0.15, -0.1) is 11.6 Å². The monoisotopic (exact) mass is 246 g/mol. The average molecular weight is 247 g/mol. The Labute approximate surface area is 107 Å². The first-order valence-electron chi connectivity index (χ1n) is 5.67. The average Bonchev–Trinajstić information content (AvgIpc) is 2.29. The standard InChI is InChI=1S/C14H15ClN2/c1-10-5-3-4-6-12(10)13-9-11(2)16-14(17-13)7-8-15/h3-6,9H,7-8H2,1-2H3. The van der Waals surface area contributed by atoms with Crippen molar-refractivity contribution in [2.24, 2.45) is 0 Å². The summed E-state index contributed by atoms with van der Waals surface area (Å²) in [5.41, 5.74) is 4.35. The molecule has 0 fully saturated rings. The maximum atomic E-state index is 5.74. The van der Waals surface area contributed by atoms with Gasteiger partial charge in [0, 0.05) is 23.6 Å². The molecule has 0 saturated heterocycles. The van der Waals surface area contributed by atoms with Crippen LogP contribution in [0.4, 0.5) is 0 Å². The molecular weight excluding hydrogens is 232 g/mol. The van der Waals surface area contributed by atoms with Crippen LogP contribution in [-0.4, -0.2) is 15.8 Å². The second-order valence-electron chi connectivity index (χ2n) is 4.06. The summed E-state index contributed by atoms with van der Waals surface area (Å²) in [6.45, 7) is 4.08. The van der Waals surface area contributed by atoms with Crippen molar-refractivity contribution in [1.82, 2.24) is 9.97 Å². The number of hydrogen-bond donors (Lipinski definition) is 0. The quantitative estimate of drug-likeness (QED) is 0.775. The molecule has 0 atom stereocenters. The lowest BCUT2D eigenvalue weighted by molar-refractivity contribution is 0.925. The third kappa shape index (κ3) is 2.83. The minimum absolute atomic E-state index is 0.552.